The molecule has 0 N–H and O–H groups in total. The first-order chi connectivity index (χ1) is 10.9. The summed E-state index contributed by atoms with van der Waals surface area (Å²) in [7, 11) is 0. The molecule has 0 bridgehead atoms. The van der Waals surface area contributed by atoms with Crippen molar-refractivity contribution in [1.82, 2.24) is 0 Å². The maximum Gasteiger partial charge on any atom is 0.138 e. The Labute approximate surface area is 139 Å². The third kappa shape index (κ3) is 5.24. The zero-order valence-electron chi connectivity index (χ0n) is 14.6. The van der Waals surface area contributed by atoms with Gasteiger partial charge in [0.2, 0.25) is 0 Å². The van der Waals surface area contributed by atoms with E-state index in [0.29, 0.717) is 18.8 Å². The van der Waals surface area contributed by atoms with Crippen LogP contribution in [0.3, 0.4) is 0 Å². The maximum absolute atomic E-state index is 12.0. The van der Waals surface area contributed by atoms with Gasteiger partial charge in [-0.05, 0) is 42.2 Å². The number of carbonyl (C=O) groups excluding carboxylic acids is 1. The fraction of sp³-hybridized carbons (Fsp3) is 0.381. The van der Waals surface area contributed by atoms with Crippen LogP contribution in [0.2, 0.25) is 0 Å². The fourth-order valence-corrected chi connectivity index (χ4v) is 2.32. The number of ketones is 1. The van der Waals surface area contributed by atoms with Crippen molar-refractivity contribution in [1.29, 1.82) is 0 Å². The molecule has 23 heavy (non-hydrogen) atoms. The van der Waals surface area contributed by atoms with Crippen molar-refractivity contribution < 1.29 is 9.53 Å². The van der Waals surface area contributed by atoms with Crippen LogP contribution in [0.15, 0.2) is 48.5 Å². The molecular weight excluding hydrogens is 284 g/mol. The highest BCUT2D eigenvalue weighted by atomic mass is 16.5. The molecule has 0 atom stereocenters. The molecule has 0 radical (unpaired) electrons. The lowest BCUT2D eigenvalue weighted by atomic mass is 9.87. The van der Waals surface area contributed by atoms with Gasteiger partial charge >= 0.3 is 0 Å². The van der Waals surface area contributed by atoms with Crippen LogP contribution in [0.25, 0.3) is 0 Å². The summed E-state index contributed by atoms with van der Waals surface area (Å²) >= 11 is 0. The zero-order valence-corrected chi connectivity index (χ0v) is 14.6. The molecule has 0 fully saturated rings. The molecule has 2 nitrogen and oxygen atoms in total. The molecule has 0 amide bonds. The summed E-state index contributed by atoms with van der Waals surface area (Å²) in [4.78, 5) is 12.0. The third-order valence-electron chi connectivity index (χ3n) is 4.06. The first kappa shape index (κ1) is 17.3. The lowest BCUT2D eigenvalue weighted by molar-refractivity contribution is -0.126. The highest BCUT2D eigenvalue weighted by Gasteiger charge is 2.20. The Hall–Kier alpha value is -2.09. The van der Waals surface area contributed by atoms with Gasteiger partial charge in [-0.2, -0.15) is 0 Å². The SMILES string of the molecule is Cc1ccccc1COc1ccc(CCC(=O)C(C)(C)C)cc1. The minimum Gasteiger partial charge on any atom is -0.489 e. The quantitative estimate of drug-likeness (QED) is 0.740. The van der Waals surface area contributed by atoms with Crippen molar-refractivity contribution in [3.63, 3.8) is 0 Å². The Morgan fingerprint density at radius 3 is 2.26 bits per heavy atom. The summed E-state index contributed by atoms with van der Waals surface area (Å²) in [5.74, 6) is 1.16. The van der Waals surface area contributed by atoms with Crippen LogP contribution in [0.5, 0.6) is 5.75 Å². The highest BCUT2D eigenvalue weighted by Crippen LogP contribution is 2.20. The van der Waals surface area contributed by atoms with E-state index in [1.54, 1.807) is 0 Å². The Balaban J connectivity index is 1.87. The Morgan fingerprint density at radius 1 is 1.00 bits per heavy atom. The van der Waals surface area contributed by atoms with Gasteiger partial charge in [0.05, 0.1) is 0 Å². The van der Waals surface area contributed by atoms with Gasteiger partial charge in [0.15, 0.2) is 0 Å². The third-order valence-corrected chi connectivity index (χ3v) is 4.06. The van der Waals surface area contributed by atoms with Crippen molar-refractivity contribution >= 4 is 5.78 Å². The van der Waals surface area contributed by atoms with E-state index in [1.807, 2.05) is 57.2 Å². The second-order valence-corrected chi connectivity index (χ2v) is 7.03. The number of carbonyl (C=O) groups is 1. The van der Waals surface area contributed by atoms with E-state index >= 15 is 0 Å². The monoisotopic (exact) mass is 310 g/mol. The number of rotatable bonds is 6. The maximum atomic E-state index is 12.0. The van der Waals surface area contributed by atoms with Gasteiger partial charge in [-0.15, -0.1) is 0 Å². The topological polar surface area (TPSA) is 26.3 Å². The minimum atomic E-state index is -0.253. The lowest BCUT2D eigenvalue weighted by Crippen LogP contribution is -2.20. The number of benzene rings is 2. The molecule has 2 aromatic rings. The molecule has 2 heteroatoms. The summed E-state index contributed by atoms with van der Waals surface area (Å²) < 4.78 is 5.84. The number of Topliss-reactive ketones (excluding diaryl/α,β-unsaturated/α-hetero) is 1. The molecule has 2 aromatic carbocycles. The molecule has 0 heterocycles. The van der Waals surface area contributed by atoms with E-state index in [9.17, 15) is 4.79 Å². The molecule has 0 aliphatic carbocycles. The van der Waals surface area contributed by atoms with Crippen molar-refractivity contribution in [2.24, 2.45) is 5.41 Å². The van der Waals surface area contributed by atoms with Crippen LogP contribution in [0.1, 0.15) is 43.9 Å². The van der Waals surface area contributed by atoms with Gasteiger partial charge in [-0.3, -0.25) is 4.79 Å². The van der Waals surface area contributed by atoms with E-state index in [-0.39, 0.29) is 5.41 Å². The largest absolute Gasteiger partial charge is 0.489 e. The minimum absolute atomic E-state index is 0.253. The van der Waals surface area contributed by atoms with E-state index in [4.69, 9.17) is 4.74 Å². The summed E-state index contributed by atoms with van der Waals surface area (Å²) in [5.41, 5.74) is 3.36. The number of hydrogen-bond acceptors (Lipinski definition) is 2. The van der Waals surface area contributed by atoms with Gasteiger partial charge in [-0.25, -0.2) is 0 Å². The zero-order chi connectivity index (χ0) is 16.9. The summed E-state index contributed by atoms with van der Waals surface area (Å²) in [5, 5.41) is 0. The molecule has 0 unspecified atom stereocenters. The molecular formula is C21H26O2. The summed E-state index contributed by atoms with van der Waals surface area (Å²) in [6, 6.07) is 16.3. The fourth-order valence-electron chi connectivity index (χ4n) is 2.32. The van der Waals surface area contributed by atoms with Gasteiger partial charge in [-0.1, -0.05) is 57.2 Å². The second-order valence-electron chi connectivity index (χ2n) is 7.03. The Bertz CT molecular complexity index is 648. The van der Waals surface area contributed by atoms with Crippen molar-refractivity contribution in [3.8, 4) is 5.75 Å². The molecule has 0 saturated carbocycles. The van der Waals surface area contributed by atoms with Crippen LogP contribution >= 0.6 is 0 Å². The predicted octanol–water partition coefficient (Wildman–Crippen LogP) is 5.12. The van der Waals surface area contributed by atoms with Crippen LogP contribution in [0.4, 0.5) is 0 Å². The molecule has 0 aliphatic rings. The lowest BCUT2D eigenvalue weighted by Gasteiger charge is -2.16. The number of aryl methyl sites for hydroxylation is 2. The van der Waals surface area contributed by atoms with Crippen LogP contribution in [-0.4, -0.2) is 5.78 Å². The van der Waals surface area contributed by atoms with E-state index < -0.39 is 0 Å². The molecule has 0 aliphatic heterocycles. The summed E-state index contributed by atoms with van der Waals surface area (Å²) in [6.45, 7) is 8.58. The van der Waals surface area contributed by atoms with E-state index in [0.717, 1.165) is 12.2 Å². The van der Waals surface area contributed by atoms with E-state index in [1.165, 1.54) is 16.7 Å². The van der Waals surface area contributed by atoms with Crippen molar-refractivity contribution in [3.05, 3.63) is 65.2 Å². The van der Waals surface area contributed by atoms with Crippen LogP contribution in [-0.2, 0) is 17.8 Å². The van der Waals surface area contributed by atoms with Crippen molar-refractivity contribution in [2.75, 3.05) is 0 Å². The second kappa shape index (κ2) is 7.45. The van der Waals surface area contributed by atoms with E-state index in [2.05, 4.69) is 19.1 Å². The smallest absolute Gasteiger partial charge is 0.138 e. The first-order valence-corrected chi connectivity index (χ1v) is 8.16. The Kier molecular flexibility index (Phi) is 5.59. The van der Waals surface area contributed by atoms with Crippen LogP contribution in [0, 0.1) is 12.3 Å². The summed E-state index contributed by atoms with van der Waals surface area (Å²) in [6.07, 6.45) is 1.38. The first-order valence-electron chi connectivity index (χ1n) is 8.16. The molecule has 0 saturated heterocycles. The molecule has 0 spiro atoms. The highest BCUT2D eigenvalue weighted by molar-refractivity contribution is 5.83. The van der Waals surface area contributed by atoms with Gasteiger partial charge in [0, 0.05) is 11.8 Å². The molecule has 122 valence electrons. The van der Waals surface area contributed by atoms with Gasteiger partial charge in [0.1, 0.15) is 18.1 Å². The predicted molar refractivity (Wildman–Crippen MR) is 94.7 cm³/mol. The molecule has 0 aromatic heterocycles. The number of ether oxygens (including phenoxy) is 1. The van der Waals surface area contributed by atoms with Gasteiger partial charge in [0.25, 0.3) is 0 Å². The average Bonchev–Trinajstić information content (AvgIpc) is 2.52. The Morgan fingerprint density at radius 2 is 1.65 bits per heavy atom. The normalized spacial score (nSPS) is 11.3. The van der Waals surface area contributed by atoms with Crippen molar-refractivity contribution in [2.45, 2.75) is 47.1 Å². The van der Waals surface area contributed by atoms with Gasteiger partial charge < -0.3 is 4.74 Å². The average molecular weight is 310 g/mol. The molecule has 2 rings (SSSR count). The number of hydrogen-bond donors (Lipinski definition) is 0. The van der Waals surface area contributed by atoms with Crippen LogP contribution < -0.4 is 4.74 Å². The standard InChI is InChI=1S/C21H26O2/c1-16-7-5-6-8-18(16)15-23-19-12-9-17(10-13-19)11-14-20(22)21(2,3)4/h5-10,12-13H,11,14-15H2,1-4H3.